The van der Waals surface area contributed by atoms with Crippen molar-refractivity contribution in [3.05, 3.63) is 47.4 Å². The van der Waals surface area contributed by atoms with Crippen molar-refractivity contribution in [2.75, 3.05) is 10.6 Å². The van der Waals surface area contributed by atoms with E-state index in [-0.39, 0.29) is 34.6 Å². The van der Waals surface area contributed by atoms with Crippen molar-refractivity contribution in [2.45, 2.75) is 26.1 Å². The summed E-state index contributed by atoms with van der Waals surface area (Å²) in [6, 6.07) is 7.23. The molecule has 146 valence electrons. The minimum absolute atomic E-state index is 0.0215. The molecule has 0 aliphatic heterocycles. The Bertz CT molecular complexity index is 979. The van der Waals surface area contributed by atoms with Gasteiger partial charge in [-0.25, -0.2) is 4.98 Å². The smallest absolute Gasteiger partial charge is 0.352 e. The molecule has 7 nitrogen and oxygen atoms in total. The van der Waals surface area contributed by atoms with Crippen molar-refractivity contribution in [3.63, 3.8) is 0 Å². The topological polar surface area (TPSA) is 88.5 Å². The molecule has 0 aliphatic rings. The molecule has 0 fully saturated rings. The Morgan fingerprint density at radius 3 is 2.43 bits per heavy atom. The summed E-state index contributed by atoms with van der Waals surface area (Å²) < 4.78 is 38.6. The highest BCUT2D eigenvalue weighted by Gasteiger charge is 2.32. The van der Waals surface area contributed by atoms with Crippen LogP contribution in [0.4, 0.5) is 30.8 Å². The SMILES string of the molecule is CC(C)Nc1nc(Nc2ccnc(C(F)(F)F)c2)nc(-c2cccc(Cl)n2)n1. The maximum Gasteiger partial charge on any atom is 0.433 e. The Kier molecular flexibility index (Phi) is 5.59. The quantitative estimate of drug-likeness (QED) is 0.597. The molecule has 3 heterocycles. The molecule has 0 unspecified atom stereocenters. The predicted octanol–water partition coefficient (Wildman–Crippen LogP) is 4.56. The number of rotatable bonds is 5. The molecule has 11 heteroatoms. The zero-order valence-corrected chi connectivity index (χ0v) is 15.5. The van der Waals surface area contributed by atoms with Gasteiger partial charge in [-0.2, -0.15) is 28.1 Å². The molecule has 0 amide bonds. The normalized spacial score (nSPS) is 11.5. The molecular formula is C17H15ClF3N7. The average molecular weight is 410 g/mol. The van der Waals surface area contributed by atoms with Crippen LogP contribution < -0.4 is 10.6 Å². The zero-order valence-electron chi connectivity index (χ0n) is 14.8. The summed E-state index contributed by atoms with van der Waals surface area (Å²) in [4.78, 5) is 20.2. The van der Waals surface area contributed by atoms with Gasteiger partial charge in [0.1, 0.15) is 16.5 Å². The second-order valence-electron chi connectivity index (χ2n) is 6.00. The highest BCUT2D eigenvalue weighted by molar-refractivity contribution is 6.29. The molecule has 28 heavy (non-hydrogen) atoms. The number of aromatic nitrogens is 5. The van der Waals surface area contributed by atoms with Crippen LogP contribution in [0.1, 0.15) is 19.5 Å². The van der Waals surface area contributed by atoms with E-state index in [0.29, 0.717) is 5.69 Å². The second kappa shape index (κ2) is 7.93. The van der Waals surface area contributed by atoms with Crippen LogP contribution in [0.2, 0.25) is 5.15 Å². The number of nitrogens with one attached hydrogen (secondary N) is 2. The molecule has 0 saturated carbocycles. The van der Waals surface area contributed by atoms with E-state index in [2.05, 4.69) is 35.6 Å². The van der Waals surface area contributed by atoms with Crippen LogP contribution in [0.25, 0.3) is 11.5 Å². The fraction of sp³-hybridized carbons (Fsp3) is 0.235. The molecule has 3 aromatic rings. The predicted molar refractivity (Wildman–Crippen MR) is 99.3 cm³/mol. The van der Waals surface area contributed by atoms with Crippen LogP contribution in [0.5, 0.6) is 0 Å². The molecule has 3 aromatic heterocycles. The Labute approximate surface area is 163 Å². The fourth-order valence-electron chi connectivity index (χ4n) is 2.19. The van der Waals surface area contributed by atoms with Gasteiger partial charge in [0.15, 0.2) is 5.82 Å². The van der Waals surface area contributed by atoms with Gasteiger partial charge in [-0.3, -0.25) is 4.98 Å². The number of hydrogen-bond acceptors (Lipinski definition) is 7. The van der Waals surface area contributed by atoms with Crippen LogP contribution in [-0.4, -0.2) is 31.0 Å². The average Bonchev–Trinajstić information content (AvgIpc) is 2.60. The summed E-state index contributed by atoms with van der Waals surface area (Å²) in [6.07, 6.45) is -3.50. The molecular weight excluding hydrogens is 395 g/mol. The third-order valence-corrected chi connectivity index (χ3v) is 3.51. The van der Waals surface area contributed by atoms with Gasteiger partial charge < -0.3 is 10.6 Å². The van der Waals surface area contributed by atoms with Crippen molar-refractivity contribution >= 4 is 29.2 Å². The lowest BCUT2D eigenvalue weighted by molar-refractivity contribution is -0.141. The minimum Gasteiger partial charge on any atom is -0.352 e. The van der Waals surface area contributed by atoms with E-state index >= 15 is 0 Å². The van der Waals surface area contributed by atoms with Crippen molar-refractivity contribution in [1.82, 2.24) is 24.9 Å². The van der Waals surface area contributed by atoms with E-state index in [0.717, 1.165) is 12.3 Å². The largest absolute Gasteiger partial charge is 0.433 e. The first-order chi connectivity index (χ1) is 13.2. The summed E-state index contributed by atoms with van der Waals surface area (Å²) in [6.45, 7) is 3.79. The zero-order chi connectivity index (χ0) is 20.3. The molecule has 2 N–H and O–H groups in total. The summed E-state index contributed by atoms with van der Waals surface area (Å²) in [5.74, 6) is 0.511. The van der Waals surface area contributed by atoms with Crippen LogP contribution in [-0.2, 0) is 6.18 Å². The number of alkyl halides is 3. The molecule has 0 spiro atoms. The molecule has 0 aliphatic carbocycles. The van der Waals surface area contributed by atoms with Gasteiger partial charge >= 0.3 is 6.18 Å². The van der Waals surface area contributed by atoms with Crippen molar-refractivity contribution in [1.29, 1.82) is 0 Å². The third-order valence-electron chi connectivity index (χ3n) is 3.30. The van der Waals surface area contributed by atoms with Gasteiger partial charge in [-0.05, 0) is 38.1 Å². The van der Waals surface area contributed by atoms with Crippen LogP contribution >= 0.6 is 11.6 Å². The van der Waals surface area contributed by atoms with E-state index in [9.17, 15) is 13.2 Å². The van der Waals surface area contributed by atoms with Gasteiger partial charge in [-0.15, -0.1) is 0 Å². The van der Waals surface area contributed by atoms with E-state index in [1.807, 2.05) is 13.8 Å². The number of halogens is 4. The molecule has 0 radical (unpaired) electrons. The maximum atomic E-state index is 12.9. The van der Waals surface area contributed by atoms with Crippen molar-refractivity contribution in [2.24, 2.45) is 0 Å². The van der Waals surface area contributed by atoms with Gasteiger partial charge in [0.2, 0.25) is 11.9 Å². The lowest BCUT2D eigenvalue weighted by Crippen LogP contribution is -2.15. The number of hydrogen-bond donors (Lipinski definition) is 2. The molecule has 0 bridgehead atoms. The Morgan fingerprint density at radius 1 is 1.00 bits per heavy atom. The van der Waals surface area contributed by atoms with Crippen LogP contribution in [0, 0.1) is 0 Å². The maximum absolute atomic E-state index is 12.9. The monoisotopic (exact) mass is 409 g/mol. The van der Waals surface area contributed by atoms with Gasteiger partial charge in [0.05, 0.1) is 0 Å². The first-order valence-corrected chi connectivity index (χ1v) is 8.54. The van der Waals surface area contributed by atoms with E-state index in [1.165, 1.54) is 6.07 Å². The minimum atomic E-state index is -4.56. The summed E-state index contributed by atoms with van der Waals surface area (Å²) in [5.41, 5.74) is -0.492. The lowest BCUT2D eigenvalue weighted by Gasteiger charge is -2.13. The van der Waals surface area contributed by atoms with Crippen LogP contribution in [0.3, 0.4) is 0 Å². The van der Waals surface area contributed by atoms with Crippen LogP contribution in [0.15, 0.2) is 36.5 Å². The highest BCUT2D eigenvalue weighted by atomic mass is 35.5. The standard InChI is InChI=1S/C17H15ClF3N7/c1-9(2)23-15-26-14(11-4-3-5-13(18)25-11)27-16(28-15)24-10-6-7-22-12(8-10)17(19,20)21/h3-9H,1-2H3,(H2,22,23,24,26,27,28). The van der Waals surface area contributed by atoms with E-state index in [1.54, 1.807) is 18.2 Å². The summed E-state index contributed by atoms with van der Waals surface area (Å²) >= 11 is 5.92. The number of pyridine rings is 2. The van der Waals surface area contributed by atoms with Gasteiger partial charge in [-0.1, -0.05) is 17.7 Å². The Hall–Kier alpha value is -3.01. The fourth-order valence-corrected chi connectivity index (χ4v) is 2.36. The Balaban J connectivity index is 1.99. The second-order valence-corrected chi connectivity index (χ2v) is 6.39. The summed E-state index contributed by atoms with van der Waals surface area (Å²) in [7, 11) is 0. The lowest BCUT2D eigenvalue weighted by atomic mass is 10.3. The van der Waals surface area contributed by atoms with E-state index in [4.69, 9.17) is 11.6 Å². The third kappa shape index (κ3) is 5.03. The first-order valence-electron chi connectivity index (χ1n) is 8.16. The van der Waals surface area contributed by atoms with Crippen molar-refractivity contribution < 1.29 is 13.2 Å². The van der Waals surface area contributed by atoms with Gasteiger partial charge in [0.25, 0.3) is 0 Å². The first kappa shape index (κ1) is 19.7. The Morgan fingerprint density at radius 2 is 1.75 bits per heavy atom. The molecule has 3 rings (SSSR count). The van der Waals surface area contributed by atoms with Gasteiger partial charge in [0, 0.05) is 17.9 Å². The summed E-state index contributed by atoms with van der Waals surface area (Å²) in [5, 5.41) is 6.05. The number of nitrogens with zero attached hydrogens (tertiary/aromatic N) is 5. The molecule has 0 aromatic carbocycles. The highest BCUT2D eigenvalue weighted by Crippen LogP contribution is 2.29. The van der Waals surface area contributed by atoms with Crippen molar-refractivity contribution in [3.8, 4) is 11.5 Å². The van der Waals surface area contributed by atoms with E-state index < -0.39 is 11.9 Å². The molecule has 0 saturated heterocycles. The number of anilines is 3. The molecule has 0 atom stereocenters.